The quantitative estimate of drug-likeness (QED) is 0.770. The van der Waals surface area contributed by atoms with Crippen molar-refractivity contribution in [2.75, 3.05) is 49.5 Å². The van der Waals surface area contributed by atoms with Gasteiger partial charge in [-0.15, -0.1) is 0 Å². The van der Waals surface area contributed by atoms with Crippen LogP contribution in [0.25, 0.3) is 0 Å². The summed E-state index contributed by atoms with van der Waals surface area (Å²) in [5, 5.41) is 13.4. The molecular formula is C18H25F2N5O. The number of aromatic nitrogens is 2. The largest absolute Gasteiger partial charge is 0.387 e. The van der Waals surface area contributed by atoms with E-state index in [1.165, 1.54) is 6.33 Å². The molecule has 2 heterocycles. The van der Waals surface area contributed by atoms with Crippen LogP contribution in [0.3, 0.4) is 0 Å². The topological polar surface area (TPSA) is 64.5 Å². The van der Waals surface area contributed by atoms with Gasteiger partial charge in [-0.05, 0) is 18.4 Å². The van der Waals surface area contributed by atoms with Crippen LogP contribution in [-0.4, -0.2) is 71.8 Å². The minimum Gasteiger partial charge on any atom is -0.387 e. The lowest BCUT2D eigenvalue weighted by Crippen LogP contribution is -2.48. The van der Waals surface area contributed by atoms with Crippen LogP contribution in [0.2, 0.25) is 0 Å². The number of anilines is 2. The molecule has 0 spiro atoms. The van der Waals surface area contributed by atoms with E-state index in [9.17, 15) is 13.9 Å². The van der Waals surface area contributed by atoms with Gasteiger partial charge in [-0.1, -0.05) is 18.2 Å². The van der Waals surface area contributed by atoms with Gasteiger partial charge in [-0.2, -0.15) is 0 Å². The summed E-state index contributed by atoms with van der Waals surface area (Å²) < 4.78 is 24.9. The number of rotatable bonds is 7. The van der Waals surface area contributed by atoms with Crippen molar-refractivity contribution >= 4 is 11.6 Å². The van der Waals surface area contributed by atoms with E-state index in [4.69, 9.17) is 0 Å². The first kappa shape index (κ1) is 18.7. The van der Waals surface area contributed by atoms with E-state index in [1.807, 2.05) is 12.1 Å². The Morgan fingerprint density at radius 1 is 1.15 bits per heavy atom. The number of aliphatic hydroxyl groups is 1. The first-order valence-corrected chi connectivity index (χ1v) is 8.98. The molecule has 8 heteroatoms. The summed E-state index contributed by atoms with van der Waals surface area (Å²) in [6.07, 6.45) is 6.66. The van der Waals surface area contributed by atoms with Gasteiger partial charge >= 0.3 is 0 Å². The fraction of sp³-hybridized carbons (Fsp3) is 0.556. The van der Waals surface area contributed by atoms with Crippen LogP contribution in [0.5, 0.6) is 0 Å². The van der Waals surface area contributed by atoms with Crippen LogP contribution in [0.15, 0.2) is 36.2 Å². The van der Waals surface area contributed by atoms with E-state index in [0.29, 0.717) is 38.5 Å². The normalized spacial score (nSPS) is 19.5. The van der Waals surface area contributed by atoms with Gasteiger partial charge in [-0.25, -0.2) is 18.7 Å². The molecule has 1 saturated heterocycles. The zero-order chi connectivity index (χ0) is 18.4. The molecule has 0 bridgehead atoms. The maximum atomic E-state index is 12.5. The molecule has 0 aromatic carbocycles. The van der Waals surface area contributed by atoms with Gasteiger partial charge < -0.3 is 15.3 Å². The summed E-state index contributed by atoms with van der Waals surface area (Å²) in [6, 6.07) is 1.83. The molecule has 1 aromatic heterocycles. The average Bonchev–Trinajstić information content (AvgIpc) is 2.67. The van der Waals surface area contributed by atoms with Crippen LogP contribution in [0.4, 0.5) is 20.4 Å². The fourth-order valence-electron chi connectivity index (χ4n) is 3.17. The molecule has 1 unspecified atom stereocenters. The predicted octanol–water partition coefficient (Wildman–Crippen LogP) is 1.91. The highest BCUT2D eigenvalue weighted by Gasteiger charge is 2.20. The summed E-state index contributed by atoms with van der Waals surface area (Å²) in [7, 11) is 0. The molecule has 1 fully saturated rings. The Balaban J connectivity index is 1.52. The van der Waals surface area contributed by atoms with E-state index in [0.717, 1.165) is 24.2 Å². The highest BCUT2D eigenvalue weighted by molar-refractivity contribution is 5.49. The Labute approximate surface area is 152 Å². The first-order chi connectivity index (χ1) is 12.6. The predicted molar refractivity (Wildman–Crippen MR) is 97.6 cm³/mol. The third-order valence-electron chi connectivity index (χ3n) is 4.63. The third kappa shape index (κ3) is 5.22. The van der Waals surface area contributed by atoms with Crippen LogP contribution in [0.1, 0.15) is 12.8 Å². The Hall–Kier alpha value is -2.06. The Bertz CT molecular complexity index is 644. The second-order valence-corrected chi connectivity index (χ2v) is 6.52. The highest BCUT2D eigenvalue weighted by atomic mass is 19.3. The Morgan fingerprint density at radius 3 is 2.65 bits per heavy atom. The Morgan fingerprint density at radius 2 is 1.96 bits per heavy atom. The van der Waals surface area contributed by atoms with Gasteiger partial charge in [0, 0.05) is 38.8 Å². The zero-order valence-electron chi connectivity index (χ0n) is 14.7. The molecule has 0 radical (unpaired) electrons. The summed E-state index contributed by atoms with van der Waals surface area (Å²) in [4.78, 5) is 12.3. The standard InChI is InChI=1S/C18H25F2N5O/c19-16(20)12-24-6-8-25(9-7-24)18-10-17(22-13-23-18)21-11-15(26)14-4-2-1-3-5-14/h2,4-5,10,13,15-16,26H,1,3,6-9,11-12H2,(H,21,22,23). The van der Waals surface area contributed by atoms with Gasteiger partial charge in [0.2, 0.25) is 0 Å². The van der Waals surface area contributed by atoms with E-state index in [2.05, 4.69) is 32.3 Å². The lowest BCUT2D eigenvalue weighted by Gasteiger charge is -2.35. The van der Waals surface area contributed by atoms with Gasteiger partial charge in [0.25, 0.3) is 6.43 Å². The van der Waals surface area contributed by atoms with Gasteiger partial charge in [0.05, 0.1) is 12.6 Å². The van der Waals surface area contributed by atoms with Crippen molar-refractivity contribution in [2.45, 2.75) is 25.4 Å². The van der Waals surface area contributed by atoms with Gasteiger partial charge in [-0.3, -0.25) is 4.90 Å². The molecule has 1 aliphatic carbocycles. The molecule has 2 N–H and O–H groups in total. The molecule has 6 nitrogen and oxygen atoms in total. The summed E-state index contributed by atoms with van der Waals surface area (Å²) in [6.45, 7) is 2.70. The number of piperazine rings is 1. The molecule has 142 valence electrons. The number of aliphatic hydroxyl groups excluding tert-OH is 1. The van der Waals surface area contributed by atoms with Crippen molar-refractivity contribution in [3.8, 4) is 0 Å². The van der Waals surface area contributed by atoms with Gasteiger partial charge in [0.15, 0.2) is 0 Å². The second-order valence-electron chi connectivity index (χ2n) is 6.52. The van der Waals surface area contributed by atoms with Crippen molar-refractivity contribution in [1.82, 2.24) is 14.9 Å². The minimum atomic E-state index is -2.29. The smallest absolute Gasteiger partial charge is 0.251 e. The lowest BCUT2D eigenvalue weighted by atomic mass is 10.0. The molecule has 2 aliphatic rings. The van der Waals surface area contributed by atoms with Crippen LogP contribution in [0, 0.1) is 0 Å². The van der Waals surface area contributed by atoms with E-state index < -0.39 is 12.5 Å². The maximum absolute atomic E-state index is 12.5. The number of hydrogen-bond donors (Lipinski definition) is 2. The number of hydrogen-bond acceptors (Lipinski definition) is 6. The number of nitrogens with one attached hydrogen (secondary N) is 1. The fourth-order valence-corrected chi connectivity index (χ4v) is 3.17. The molecule has 3 rings (SSSR count). The van der Waals surface area contributed by atoms with Crippen LogP contribution in [-0.2, 0) is 0 Å². The van der Waals surface area contributed by atoms with Crippen molar-refractivity contribution in [3.63, 3.8) is 0 Å². The zero-order valence-corrected chi connectivity index (χ0v) is 14.7. The van der Waals surface area contributed by atoms with E-state index in [-0.39, 0.29) is 6.54 Å². The van der Waals surface area contributed by atoms with Crippen molar-refractivity contribution in [3.05, 3.63) is 36.2 Å². The van der Waals surface area contributed by atoms with Crippen LogP contribution < -0.4 is 10.2 Å². The number of alkyl halides is 2. The molecule has 1 aliphatic heterocycles. The SMILES string of the molecule is OC(CNc1cc(N2CCN(CC(F)F)CC2)ncn1)C1=CCCC=C1. The summed E-state index contributed by atoms with van der Waals surface area (Å²) in [5.74, 6) is 1.41. The third-order valence-corrected chi connectivity index (χ3v) is 4.63. The molecule has 1 atom stereocenters. The van der Waals surface area contributed by atoms with Gasteiger partial charge in [0.1, 0.15) is 18.0 Å². The molecular weight excluding hydrogens is 340 g/mol. The minimum absolute atomic E-state index is 0.174. The van der Waals surface area contributed by atoms with E-state index >= 15 is 0 Å². The van der Waals surface area contributed by atoms with Crippen molar-refractivity contribution in [2.24, 2.45) is 0 Å². The number of halogens is 2. The maximum Gasteiger partial charge on any atom is 0.251 e. The monoisotopic (exact) mass is 365 g/mol. The average molecular weight is 365 g/mol. The molecule has 0 amide bonds. The Kier molecular flexibility index (Phi) is 6.51. The number of allylic oxidation sites excluding steroid dienone is 2. The number of nitrogens with zero attached hydrogens (tertiary/aromatic N) is 4. The molecule has 1 aromatic rings. The van der Waals surface area contributed by atoms with E-state index in [1.54, 1.807) is 4.90 Å². The highest BCUT2D eigenvalue weighted by Crippen LogP contribution is 2.18. The molecule has 0 saturated carbocycles. The summed E-state index contributed by atoms with van der Waals surface area (Å²) in [5.41, 5.74) is 0.924. The lowest BCUT2D eigenvalue weighted by molar-refractivity contribution is 0.0853. The van der Waals surface area contributed by atoms with Crippen LogP contribution >= 0.6 is 0 Å². The summed E-state index contributed by atoms with van der Waals surface area (Å²) >= 11 is 0. The second kappa shape index (κ2) is 9.05. The molecule has 26 heavy (non-hydrogen) atoms. The van der Waals surface area contributed by atoms with Crippen molar-refractivity contribution < 1.29 is 13.9 Å². The first-order valence-electron chi connectivity index (χ1n) is 8.98. The van der Waals surface area contributed by atoms with Crippen molar-refractivity contribution in [1.29, 1.82) is 0 Å².